The monoisotopic (exact) mass is 360 g/mol. The van der Waals surface area contributed by atoms with Gasteiger partial charge in [-0.05, 0) is 44.0 Å². The molecule has 1 aromatic rings. The van der Waals surface area contributed by atoms with Crippen molar-refractivity contribution in [1.82, 2.24) is 9.62 Å². The number of hydrogen-bond acceptors (Lipinski definition) is 3. The Hall–Kier alpha value is -0.430. The Balaban J connectivity index is 2.21. The van der Waals surface area contributed by atoms with Crippen LogP contribution in [0.15, 0.2) is 33.6 Å². The van der Waals surface area contributed by atoms with Gasteiger partial charge in [0.1, 0.15) is 0 Å². The summed E-state index contributed by atoms with van der Waals surface area (Å²) in [5.74, 6) is 0. The van der Waals surface area contributed by atoms with Crippen molar-refractivity contribution in [2.75, 3.05) is 19.6 Å². The Bertz CT molecular complexity index is 542. The van der Waals surface area contributed by atoms with Crippen molar-refractivity contribution in [3.63, 3.8) is 0 Å². The van der Waals surface area contributed by atoms with E-state index in [9.17, 15) is 8.42 Å². The van der Waals surface area contributed by atoms with Crippen LogP contribution in [0, 0.1) is 0 Å². The number of halogens is 1. The maximum Gasteiger partial charge on any atom is 0.243 e. The lowest BCUT2D eigenvalue weighted by Crippen LogP contribution is -2.41. The van der Waals surface area contributed by atoms with E-state index in [4.69, 9.17) is 0 Å². The molecule has 20 heavy (non-hydrogen) atoms. The number of rotatable bonds is 6. The summed E-state index contributed by atoms with van der Waals surface area (Å²) in [5, 5.41) is 3.37. The molecular weight excluding hydrogens is 340 g/mol. The lowest BCUT2D eigenvalue weighted by atomic mass is 10.2. The molecule has 2 rings (SSSR count). The Kier molecular flexibility index (Phi) is 5.60. The van der Waals surface area contributed by atoms with Gasteiger partial charge in [0.05, 0.1) is 4.90 Å². The molecule has 1 saturated heterocycles. The third kappa shape index (κ3) is 3.81. The second-order valence-electron chi connectivity index (χ2n) is 5.11. The number of nitrogens with one attached hydrogen (secondary N) is 1. The quantitative estimate of drug-likeness (QED) is 0.847. The van der Waals surface area contributed by atoms with Crippen molar-refractivity contribution in [3.05, 3.63) is 28.7 Å². The minimum atomic E-state index is -3.41. The summed E-state index contributed by atoms with van der Waals surface area (Å²) >= 11 is 3.34. The highest BCUT2D eigenvalue weighted by Crippen LogP contribution is 2.21. The molecular formula is C14H21BrN2O2S. The predicted octanol–water partition coefficient (Wildman–Crippen LogP) is 2.60. The van der Waals surface area contributed by atoms with E-state index < -0.39 is 10.0 Å². The average molecular weight is 361 g/mol. The van der Waals surface area contributed by atoms with E-state index in [0.29, 0.717) is 18.0 Å². The molecule has 112 valence electrons. The van der Waals surface area contributed by atoms with Gasteiger partial charge in [-0.15, -0.1) is 0 Å². The van der Waals surface area contributed by atoms with E-state index in [-0.39, 0.29) is 6.04 Å². The Labute approximate surface area is 129 Å². The van der Waals surface area contributed by atoms with Gasteiger partial charge in [-0.1, -0.05) is 28.9 Å². The predicted molar refractivity (Wildman–Crippen MR) is 84.2 cm³/mol. The summed E-state index contributed by atoms with van der Waals surface area (Å²) in [6, 6.07) is 7.20. The van der Waals surface area contributed by atoms with Crippen molar-refractivity contribution in [3.8, 4) is 0 Å². The molecule has 1 aromatic carbocycles. The average Bonchev–Trinajstić information content (AvgIpc) is 2.91. The molecule has 0 aromatic heterocycles. The summed E-state index contributed by atoms with van der Waals surface area (Å²) in [4.78, 5) is 0.360. The topological polar surface area (TPSA) is 49.4 Å². The largest absolute Gasteiger partial charge is 0.313 e. The highest BCUT2D eigenvalue weighted by atomic mass is 79.9. The van der Waals surface area contributed by atoms with Gasteiger partial charge in [0.25, 0.3) is 0 Å². The zero-order valence-corrected chi connectivity index (χ0v) is 14.1. The Morgan fingerprint density at radius 2 is 2.25 bits per heavy atom. The normalized spacial score (nSPS) is 19.6. The van der Waals surface area contributed by atoms with Crippen LogP contribution in [0.5, 0.6) is 0 Å². The molecule has 0 aliphatic carbocycles. The van der Waals surface area contributed by atoms with Crippen LogP contribution in [0.1, 0.15) is 26.2 Å². The lowest BCUT2D eigenvalue weighted by Gasteiger charge is -2.25. The van der Waals surface area contributed by atoms with Crippen LogP contribution < -0.4 is 5.32 Å². The van der Waals surface area contributed by atoms with E-state index in [0.717, 1.165) is 30.3 Å². The molecule has 0 spiro atoms. The maximum absolute atomic E-state index is 12.7. The second kappa shape index (κ2) is 7.02. The van der Waals surface area contributed by atoms with Crippen molar-refractivity contribution in [2.24, 2.45) is 0 Å². The fourth-order valence-corrected chi connectivity index (χ4v) is 4.67. The molecule has 4 nitrogen and oxygen atoms in total. The first-order valence-corrected chi connectivity index (χ1v) is 9.26. The van der Waals surface area contributed by atoms with Gasteiger partial charge >= 0.3 is 0 Å². The van der Waals surface area contributed by atoms with Crippen LogP contribution in [-0.4, -0.2) is 38.4 Å². The first-order valence-electron chi connectivity index (χ1n) is 7.03. The molecule has 1 atom stereocenters. The van der Waals surface area contributed by atoms with Gasteiger partial charge in [-0.3, -0.25) is 0 Å². The van der Waals surface area contributed by atoms with Crippen LogP contribution >= 0.6 is 15.9 Å². The summed E-state index contributed by atoms with van der Waals surface area (Å²) in [5.41, 5.74) is 0. The number of sulfonamides is 1. The Morgan fingerprint density at radius 3 is 2.85 bits per heavy atom. The van der Waals surface area contributed by atoms with Gasteiger partial charge in [0.2, 0.25) is 10.0 Å². The van der Waals surface area contributed by atoms with Gasteiger partial charge in [0, 0.05) is 23.6 Å². The van der Waals surface area contributed by atoms with Crippen molar-refractivity contribution in [1.29, 1.82) is 0 Å². The molecule has 1 heterocycles. The van der Waals surface area contributed by atoms with Crippen LogP contribution in [0.3, 0.4) is 0 Å². The van der Waals surface area contributed by atoms with Gasteiger partial charge in [-0.25, -0.2) is 8.42 Å². The smallest absolute Gasteiger partial charge is 0.243 e. The van der Waals surface area contributed by atoms with Crippen LogP contribution in [0.25, 0.3) is 0 Å². The Morgan fingerprint density at radius 1 is 1.45 bits per heavy atom. The van der Waals surface area contributed by atoms with Gasteiger partial charge in [0.15, 0.2) is 0 Å². The van der Waals surface area contributed by atoms with E-state index in [1.54, 1.807) is 22.5 Å². The van der Waals surface area contributed by atoms with Gasteiger partial charge in [-0.2, -0.15) is 4.31 Å². The standard InChI is InChI=1S/C14H21BrN2O2S/c1-2-9-17(11-13-6-4-8-16-13)20(18,19)14-7-3-5-12(15)10-14/h3,5,7,10,13,16H,2,4,6,8-9,11H2,1H3. The van der Waals surface area contributed by atoms with Crippen molar-refractivity contribution in [2.45, 2.75) is 37.1 Å². The molecule has 0 amide bonds. The number of nitrogens with zero attached hydrogens (tertiary/aromatic N) is 1. The maximum atomic E-state index is 12.7. The minimum Gasteiger partial charge on any atom is -0.313 e. The third-order valence-corrected chi connectivity index (χ3v) is 5.85. The van der Waals surface area contributed by atoms with E-state index >= 15 is 0 Å². The van der Waals surface area contributed by atoms with Crippen molar-refractivity contribution >= 4 is 26.0 Å². The molecule has 1 N–H and O–H groups in total. The fraction of sp³-hybridized carbons (Fsp3) is 0.571. The molecule has 1 aliphatic heterocycles. The van der Waals surface area contributed by atoms with Crippen LogP contribution in [0.2, 0.25) is 0 Å². The van der Waals surface area contributed by atoms with Crippen LogP contribution in [-0.2, 0) is 10.0 Å². The zero-order valence-electron chi connectivity index (χ0n) is 11.7. The summed E-state index contributed by atoms with van der Waals surface area (Å²) in [6.45, 7) is 4.11. The summed E-state index contributed by atoms with van der Waals surface area (Å²) in [7, 11) is -3.41. The first kappa shape index (κ1) is 15.9. The molecule has 0 bridgehead atoms. The highest BCUT2D eigenvalue weighted by molar-refractivity contribution is 9.10. The second-order valence-corrected chi connectivity index (χ2v) is 7.97. The molecule has 1 aliphatic rings. The van der Waals surface area contributed by atoms with Crippen molar-refractivity contribution < 1.29 is 8.42 Å². The molecule has 0 saturated carbocycles. The molecule has 6 heteroatoms. The number of benzene rings is 1. The zero-order chi connectivity index (χ0) is 14.6. The molecule has 1 unspecified atom stereocenters. The molecule has 1 fully saturated rings. The summed E-state index contributed by atoms with van der Waals surface area (Å²) in [6.07, 6.45) is 3.00. The number of hydrogen-bond donors (Lipinski definition) is 1. The highest BCUT2D eigenvalue weighted by Gasteiger charge is 2.27. The first-order chi connectivity index (χ1) is 9.54. The van der Waals surface area contributed by atoms with Crippen LogP contribution in [0.4, 0.5) is 0 Å². The van der Waals surface area contributed by atoms with Gasteiger partial charge < -0.3 is 5.32 Å². The van der Waals surface area contributed by atoms with E-state index in [2.05, 4.69) is 21.2 Å². The van der Waals surface area contributed by atoms with E-state index in [1.807, 2.05) is 13.0 Å². The fourth-order valence-electron chi connectivity index (χ4n) is 2.49. The SMILES string of the molecule is CCCN(CC1CCCN1)S(=O)(=O)c1cccc(Br)c1. The summed E-state index contributed by atoms with van der Waals surface area (Å²) < 4.78 is 27.9. The van der Waals surface area contributed by atoms with E-state index in [1.165, 1.54) is 0 Å². The molecule has 0 radical (unpaired) electrons. The minimum absolute atomic E-state index is 0.281. The lowest BCUT2D eigenvalue weighted by molar-refractivity contribution is 0.369. The third-order valence-electron chi connectivity index (χ3n) is 3.49.